The van der Waals surface area contributed by atoms with Crippen LogP contribution in [0, 0.1) is 0 Å². The second-order valence-electron chi connectivity index (χ2n) is 3.80. The predicted octanol–water partition coefficient (Wildman–Crippen LogP) is 0.500. The molecule has 0 aliphatic rings. The van der Waals surface area contributed by atoms with Crippen LogP contribution in [0.25, 0.3) is 5.65 Å². The Bertz CT molecular complexity index is 630. The lowest BCUT2D eigenvalue weighted by molar-refractivity contribution is 0.596. The summed E-state index contributed by atoms with van der Waals surface area (Å²) in [5.74, 6) is -0.0324. The predicted molar refractivity (Wildman–Crippen MR) is 58.4 cm³/mol. The van der Waals surface area contributed by atoms with Crippen molar-refractivity contribution in [1.29, 1.82) is 0 Å². The molecular weight excluding hydrogens is 228 g/mol. The Morgan fingerprint density at radius 1 is 1.44 bits per heavy atom. The van der Waals surface area contributed by atoms with E-state index in [0.29, 0.717) is 5.69 Å². The molecule has 2 aromatic rings. The molecule has 0 spiro atoms. The Morgan fingerprint density at radius 3 is 2.69 bits per heavy atom. The zero-order valence-electron chi connectivity index (χ0n) is 8.95. The van der Waals surface area contributed by atoms with E-state index >= 15 is 0 Å². The van der Waals surface area contributed by atoms with Crippen molar-refractivity contribution >= 4 is 15.7 Å². The third-order valence-corrected chi connectivity index (χ3v) is 3.17. The van der Waals surface area contributed by atoms with E-state index in [4.69, 9.17) is 5.14 Å². The lowest BCUT2D eigenvalue weighted by Gasteiger charge is -2.01. The molecule has 86 valence electrons. The van der Waals surface area contributed by atoms with E-state index in [1.54, 1.807) is 12.3 Å². The minimum Gasteiger partial charge on any atom is -0.236 e. The number of nitrogens with zero attached hydrogens (tertiary/aromatic N) is 3. The van der Waals surface area contributed by atoms with Crippen molar-refractivity contribution in [2.75, 3.05) is 0 Å². The first-order valence-electron chi connectivity index (χ1n) is 4.77. The maximum absolute atomic E-state index is 11.5. The number of rotatable bonds is 2. The number of hydrogen-bond donors (Lipinski definition) is 1. The summed E-state index contributed by atoms with van der Waals surface area (Å²) < 4.78 is 24.5. The minimum absolute atomic E-state index is 0.0168. The highest BCUT2D eigenvalue weighted by molar-refractivity contribution is 7.89. The molecule has 0 aromatic carbocycles. The highest BCUT2D eigenvalue weighted by Gasteiger charge is 2.24. The van der Waals surface area contributed by atoms with Gasteiger partial charge < -0.3 is 0 Å². The Labute approximate surface area is 93.2 Å². The number of nitrogens with two attached hydrogens (primary N) is 1. The van der Waals surface area contributed by atoms with Gasteiger partial charge in [0.1, 0.15) is 4.90 Å². The molecule has 0 radical (unpaired) electrons. The molecular formula is C9H12N4O2S. The summed E-state index contributed by atoms with van der Waals surface area (Å²) in [5, 5.41) is 9.36. The lowest BCUT2D eigenvalue weighted by Crippen LogP contribution is -2.14. The van der Waals surface area contributed by atoms with Gasteiger partial charge in [0.2, 0.25) is 10.0 Å². The zero-order chi connectivity index (χ0) is 11.9. The van der Waals surface area contributed by atoms with Gasteiger partial charge in [-0.05, 0) is 12.0 Å². The molecule has 6 nitrogen and oxygen atoms in total. The molecule has 2 N–H and O–H groups in total. The van der Waals surface area contributed by atoms with Crippen LogP contribution in [0.1, 0.15) is 25.5 Å². The van der Waals surface area contributed by atoms with Gasteiger partial charge in [-0.2, -0.15) is 5.10 Å². The smallest absolute Gasteiger partial charge is 0.236 e. The fraction of sp³-hybridized carbons (Fsp3) is 0.333. The monoisotopic (exact) mass is 240 g/mol. The van der Waals surface area contributed by atoms with E-state index in [1.807, 2.05) is 13.8 Å². The van der Waals surface area contributed by atoms with Crippen LogP contribution in [0.15, 0.2) is 23.4 Å². The van der Waals surface area contributed by atoms with Crippen LogP contribution in [0.4, 0.5) is 0 Å². The highest BCUT2D eigenvalue weighted by Crippen LogP contribution is 2.24. The topological polar surface area (TPSA) is 90.3 Å². The van der Waals surface area contributed by atoms with E-state index in [-0.39, 0.29) is 16.5 Å². The van der Waals surface area contributed by atoms with Crippen molar-refractivity contribution in [2.45, 2.75) is 24.7 Å². The summed E-state index contributed by atoms with van der Waals surface area (Å²) in [7, 11) is -3.81. The van der Waals surface area contributed by atoms with E-state index in [0.717, 1.165) is 0 Å². The largest absolute Gasteiger partial charge is 0.243 e. The average Bonchev–Trinajstić information content (AvgIpc) is 2.55. The van der Waals surface area contributed by atoms with Crippen LogP contribution < -0.4 is 5.14 Å². The van der Waals surface area contributed by atoms with Gasteiger partial charge in [0.25, 0.3) is 0 Å². The standard InChI is InChI=1S/C9H12N4O2S/c1-6(2)7-8(16(10,14)15)9-11-4-3-5-13(9)12-7/h3-6H,1-2H3,(H2,10,14,15). The summed E-state index contributed by atoms with van der Waals surface area (Å²) in [4.78, 5) is 4.01. The SMILES string of the molecule is CC(C)c1nn2cccnc2c1S(N)(=O)=O. The molecule has 0 bridgehead atoms. The Hall–Kier alpha value is -1.47. The summed E-state index contributed by atoms with van der Waals surface area (Å²) in [6, 6.07) is 1.68. The number of aromatic nitrogens is 3. The second kappa shape index (κ2) is 3.53. The van der Waals surface area contributed by atoms with Crippen molar-refractivity contribution < 1.29 is 8.42 Å². The Balaban J connectivity index is 2.91. The summed E-state index contributed by atoms with van der Waals surface area (Å²) in [6.07, 6.45) is 3.15. The van der Waals surface area contributed by atoms with Crippen LogP contribution in [-0.2, 0) is 10.0 Å². The number of hydrogen-bond acceptors (Lipinski definition) is 4. The summed E-state index contributed by atoms with van der Waals surface area (Å²) in [5.41, 5.74) is 0.718. The van der Waals surface area contributed by atoms with Gasteiger partial charge in [-0.15, -0.1) is 0 Å². The first-order chi connectivity index (χ1) is 7.41. The molecule has 2 aromatic heterocycles. The van der Waals surface area contributed by atoms with E-state index < -0.39 is 10.0 Å². The summed E-state index contributed by atoms with van der Waals surface area (Å²) >= 11 is 0. The molecule has 0 fully saturated rings. The number of fused-ring (bicyclic) bond motifs is 1. The van der Waals surface area contributed by atoms with Crippen molar-refractivity contribution in [3.05, 3.63) is 24.2 Å². The minimum atomic E-state index is -3.81. The molecule has 16 heavy (non-hydrogen) atoms. The number of sulfonamides is 1. The third-order valence-electron chi connectivity index (χ3n) is 2.21. The van der Waals surface area contributed by atoms with Gasteiger partial charge in [0, 0.05) is 12.4 Å². The van der Waals surface area contributed by atoms with Crippen LogP contribution in [0.5, 0.6) is 0 Å². The maximum Gasteiger partial charge on any atom is 0.243 e. The molecule has 0 saturated heterocycles. The van der Waals surface area contributed by atoms with E-state index in [9.17, 15) is 8.42 Å². The molecule has 2 rings (SSSR count). The molecule has 0 amide bonds. The van der Waals surface area contributed by atoms with Crippen molar-refractivity contribution in [3.8, 4) is 0 Å². The van der Waals surface area contributed by atoms with Gasteiger partial charge in [-0.3, -0.25) is 0 Å². The highest BCUT2D eigenvalue weighted by atomic mass is 32.2. The Morgan fingerprint density at radius 2 is 2.12 bits per heavy atom. The van der Waals surface area contributed by atoms with Gasteiger partial charge in [0.05, 0.1) is 5.69 Å². The normalized spacial score (nSPS) is 12.5. The Kier molecular flexibility index (Phi) is 2.43. The van der Waals surface area contributed by atoms with Crippen molar-refractivity contribution in [3.63, 3.8) is 0 Å². The molecule has 0 unspecified atom stereocenters. The maximum atomic E-state index is 11.5. The van der Waals surface area contributed by atoms with Crippen LogP contribution >= 0.6 is 0 Å². The van der Waals surface area contributed by atoms with Gasteiger partial charge >= 0.3 is 0 Å². The van der Waals surface area contributed by atoms with Crippen LogP contribution in [-0.4, -0.2) is 23.0 Å². The quantitative estimate of drug-likeness (QED) is 0.827. The molecule has 0 saturated carbocycles. The third kappa shape index (κ3) is 1.68. The number of primary sulfonamides is 1. The first-order valence-corrected chi connectivity index (χ1v) is 6.32. The fourth-order valence-corrected chi connectivity index (χ4v) is 2.50. The second-order valence-corrected chi connectivity index (χ2v) is 5.30. The summed E-state index contributed by atoms with van der Waals surface area (Å²) in [6.45, 7) is 3.72. The van der Waals surface area contributed by atoms with Gasteiger partial charge in [-0.25, -0.2) is 23.1 Å². The average molecular weight is 240 g/mol. The van der Waals surface area contributed by atoms with Crippen molar-refractivity contribution in [1.82, 2.24) is 14.6 Å². The molecule has 0 aliphatic heterocycles. The first kappa shape index (κ1) is 11.0. The molecule has 0 atom stereocenters. The van der Waals surface area contributed by atoms with Crippen LogP contribution in [0.2, 0.25) is 0 Å². The van der Waals surface area contributed by atoms with E-state index in [1.165, 1.54) is 10.7 Å². The van der Waals surface area contributed by atoms with E-state index in [2.05, 4.69) is 10.1 Å². The molecule has 0 aliphatic carbocycles. The zero-order valence-corrected chi connectivity index (χ0v) is 9.77. The fourth-order valence-electron chi connectivity index (χ4n) is 1.53. The van der Waals surface area contributed by atoms with Crippen LogP contribution in [0.3, 0.4) is 0 Å². The molecule has 2 heterocycles. The van der Waals surface area contributed by atoms with Crippen molar-refractivity contribution in [2.24, 2.45) is 5.14 Å². The molecule has 7 heteroatoms. The van der Waals surface area contributed by atoms with Gasteiger partial charge in [-0.1, -0.05) is 13.8 Å². The van der Waals surface area contributed by atoms with Gasteiger partial charge in [0.15, 0.2) is 5.65 Å². The lowest BCUT2D eigenvalue weighted by atomic mass is 10.1.